The molecule has 0 aliphatic carbocycles. The zero-order valence-electron chi connectivity index (χ0n) is 33.9. The second-order valence-electron chi connectivity index (χ2n) is 13.1. The van der Waals surface area contributed by atoms with Gasteiger partial charge in [0.1, 0.15) is 34.5 Å². The van der Waals surface area contributed by atoms with Crippen LogP contribution in [0.15, 0.2) is 153 Å². The minimum absolute atomic E-state index is 0.0353. The number of hydrogen-bond donors (Lipinski definition) is 0. The maximum atomic E-state index is 6.25. The van der Waals surface area contributed by atoms with Crippen LogP contribution in [0.3, 0.4) is 0 Å². The van der Waals surface area contributed by atoms with Crippen molar-refractivity contribution in [1.29, 1.82) is 0 Å². The summed E-state index contributed by atoms with van der Waals surface area (Å²) in [6.45, 7) is 0. The molecule has 72 heavy (non-hydrogen) atoms. The van der Waals surface area contributed by atoms with Crippen LogP contribution in [0.2, 0.25) is 0 Å². The third-order valence-corrected chi connectivity index (χ3v) is 28.6. The van der Waals surface area contributed by atoms with E-state index in [1.54, 1.807) is 36.4 Å². The Morgan fingerprint density at radius 2 is 0.375 bits per heavy atom. The Balaban J connectivity index is 0.000000211. The number of aromatic nitrogens is 6. The van der Waals surface area contributed by atoms with Crippen LogP contribution >= 0.6 is 287 Å². The van der Waals surface area contributed by atoms with Crippen molar-refractivity contribution in [3.05, 3.63) is 153 Å². The molecule has 0 aliphatic heterocycles. The molecule has 12 nitrogen and oxygen atoms in total. The SMILES string of the molecule is Brc1ccc(Oc2nnnc(Oc3ccc(Br)c(Br)c3Br)c2Oc2ccc(Br)c(Br)c2Br)c(Br)c1Br.Brc1ccc(Oc2nnnc(Oc3ccc(Br)c(Br)c3Br)c2Oc2ccc(Br)c(Br)c2Br)c(Br)c1Br. The molecule has 372 valence electrons. The second-order valence-corrected chi connectivity index (χ2v) is 27.8. The van der Waals surface area contributed by atoms with Gasteiger partial charge in [-0.1, -0.05) is 20.4 Å². The lowest BCUT2D eigenvalue weighted by atomic mass is 10.3. The molecule has 0 N–H and O–H groups in total. The van der Waals surface area contributed by atoms with Gasteiger partial charge in [0.25, 0.3) is 35.0 Å². The van der Waals surface area contributed by atoms with Crippen LogP contribution < -0.4 is 28.4 Å². The number of halogens is 18. The second kappa shape index (κ2) is 27.3. The number of benzene rings is 6. The van der Waals surface area contributed by atoms with Crippen molar-refractivity contribution in [3.63, 3.8) is 0 Å². The van der Waals surface area contributed by atoms with Gasteiger partial charge < -0.3 is 28.4 Å². The Labute approximate surface area is 559 Å². The standard InChI is InChI=1S/2C21H6Br9N3O3/c2*22-7-1-4-10(16(28)13(7)25)34-19-20(35-11-5-2-8(23)14(26)17(11)29)31-33-32-21(19)36-12-6-3-9(24)15(27)18(12)30/h2*1-6H. The summed E-state index contributed by atoms with van der Waals surface area (Å²) in [6.07, 6.45) is 0. The Hall–Kier alpha value is 0.780. The molecule has 0 saturated heterocycles. The summed E-state index contributed by atoms with van der Waals surface area (Å²) in [6, 6.07) is 21.6. The average Bonchev–Trinajstić information content (AvgIpc) is 3.36. The monoisotopic (exact) mass is 2120 g/mol. The maximum absolute atomic E-state index is 6.25. The lowest BCUT2D eigenvalue weighted by Gasteiger charge is -2.16. The fourth-order valence-electron chi connectivity index (χ4n) is 5.17. The molecule has 6 aromatic carbocycles. The average molecular weight is 2130 g/mol. The molecule has 0 unspecified atom stereocenters. The fraction of sp³-hybridized carbons (Fsp3) is 0. The van der Waals surface area contributed by atoms with E-state index in [9.17, 15) is 0 Å². The highest BCUT2D eigenvalue weighted by atomic mass is 79.9. The normalized spacial score (nSPS) is 10.9. The number of nitrogens with zero attached hydrogens (tertiary/aromatic N) is 6. The fourth-order valence-corrected chi connectivity index (χ4v) is 13.3. The smallest absolute Gasteiger partial charge is 0.290 e. The van der Waals surface area contributed by atoms with Gasteiger partial charge in [-0.2, -0.15) is 0 Å². The van der Waals surface area contributed by atoms with E-state index in [1.807, 2.05) is 36.4 Å². The summed E-state index contributed by atoms with van der Waals surface area (Å²) in [4.78, 5) is 0. The van der Waals surface area contributed by atoms with Crippen LogP contribution in [0, 0.1) is 0 Å². The van der Waals surface area contributed by atoms with Gasteiger partial charge in [0.05, 0.1) is 26.8 Å². The zero-order valence-corrected chi connectivity index (χ0v) is 62.4. The molecule has 0 bridgehead atoms. The van der Waals surface area contributed by atoms with Gasteiger partial charge in [-0.15, -0.1) is 0 Å². The molecule has 0 fully saturated rings. The van der Waals surface area contributed by atoms with E-state index in [4.69, 9.17) is 28.4 Å². The summed E-state index contributed by atoms with van der Waals surface area (Å²) >= 11 is 63.2. The molecule has 0 amide bonds. The molecule has 8 rings (SSSR count). The first kappa shape index (κ1) is 60.4. The minimum Gasteiger partial charge on any atom is -0.445 e. The van der Waals surface area contributed by atoms with Crippen molar-refractivity contribution >= 4 is 287 Å². The predicted molar refractivity (Wildman–Crippen MR) is 337 cm³/mol. The molecule has 0 atom stereocenters. The maximum Gasteiger partial charge on any atom is 0.290 e. The first-order valence-electron chi connectivity index (χ1n) is 18.5. The van der Waals surface area contributed by atoms with Gasteiger partial charge in [-0.25, -0.2) is 0 Å². The van der Waals surface area contributed by atoms with Crippen LogP contribution in [0.25, 0.3) is 0 Å². The molecular formula is C42H12Br18N6O6. The minimum atomic E-state index is 0.0353. The molecule has 8 aromatic rings. The first-order valence-corrected chi connectivity index (χ1v) is 32.8. The van der Waals surface area contributed by atoms with E-state index in [-0.39, 0.29) is 35.0 Å². The summed E-state index contributed by atoms with van der Waals surface area (Å²) in [5.41, 5.74) is 0. The van der Waals surface area contributed by atoms with Crippen LogP contribution in [0.5, 0.6) is 69.5 Å². The van der Waals surface area contributed by atoms with Crippen molar-refractivity contribution in [2.24, 2.45) is 0 Å². The first-order chi connectivity index (χ1) is 34.2. The Bertz CT molecular complexity index is 3040. The van der Waals surface area contributed by atoms with Gasteiger partial charge in [0.2, 0.25) is 0 Å². The molecule has 0 aliphatic rings. The highest BCUT2D eigenvalue weighted by molar-refractivity contribution is 9.16. The Morgan fingerprint density at radius 1 is 0.208 bits per heavy atom. The van der Waals surface area contributed by atoms with E-state index in [2.05, 4.69) is 318 Å². The highest BCUT2D eigenvalue weighted by Gasteiger charge is 2.27. The lowest BCUT2D eigenvalue weighted by Crippen LogP contribution is -2.02. The van der Waals surface area contributed by atoms with Crippen LogP contribution in [-0.2, 0) is 0 Å². The molecular weight excluding hydrogens is 2120 g/mol. The lowest BCUT2D eigenvalue weighted by molar-refractivity contribution is 0.351. The third-order valence-electron chi connectivity index (χ3n) is 8.57. The zero-order chi connectivity index (χ0) is 52.3. The quantitative estimate of drug-likeness (QED) is 0.108. The van der Waals surface area contributed by atoms with Gasteiger partial charge in [0.15, 0.2) is 0 Å². The van der Waals surface area contributed by atoms with Gasteiger partial charge in [0, 0.05) is 53.7 Å². The Kier molecular flexibility index (Phi) is 22.9. The number of hydrogen-bond acceptors (Lipinski definition) is 12. The summed E-state index contributed by atoms with van der Waals surface area (Å²) in [5, 5.41) is 24.0. The number of ether oxygens (including phenoxy) is 6. The van der Waals surface area contributed by atoms with Crippen LogP contribution in [-0.4, -0.2) is 30.8 Å². The van der Waals surface area contributed by atoms with Gasteiger partial charge >= 0.3 is 0 Å². The topological polar surface area (TPSA) is 133 Å². The van der Waals surface area contributed by atoms with Crippen molar-refractivity contribution in [2.75, 3.05) is 0 Å². The molecule has 0 spiro atoms. The van der Waals surface area contributed by atoms with E-state index < -0.39 is 0 Å². The van der Waals surface area contributed by atoms with Crippen molar-refractivity contribution in [3.8, 4) is 69.5 Å². The molecule has 0 radical (unpaired) electrons. The van der Waals surface area contributed by atoms with E-state index in [0.29, 0.717) is 61.3 Å². The third kappa shape index (κ3) is 14.4. The number of rotatable bonds is 12. The molecule has 0 saturated carbocycles. The summed E-state index contributed by atoms with van der Waals surface area (Å²) in [5.74, 6) is 3.13. The van der Waals surface area contributed by atoms with Crippen molar-refractivity contribution in [2.45, 2.75) is 0 Å². The van der Waals surface area contributed by atoms with Crippen LogP contribution in [0.1, 0.15) is 0 Å². The largest absolute Gasteiger partial charge is 0.445 e. The molecule has 30 heteroatoms. The van der Waals surface area contributed by atoms with Gasteiger partial charge in [-0.05, 0) is 370 Å². The summed E-state index contributed by atoms with van der Waals surface area (Å²) in [7, 11) is 0. The van der Waals surface area contributed by atoms with Crippen molar-refractivity contribution in [1.82, 2.24) is 30.8 Å². The van der Waals surface area contributed by atoms with E-state index in [0.717, 1.165) is 53.7 Å². The predicted octanol–water partition coefficient (Wildman–Crippen LogP) is 24.2. The van der Waals surface area contributed by atoms with Crippen LogP contribution in [0.4, 0.5) is 0 Å². The Morgan fingerprint density at radius 3 is 0.556 bits per heavy atom. The van der Waals surface area contributed by atoms with E-state index >= 15 is 0 Å². The van der Waals surface area contributed by atoms with Crippen molar-refractivity contribution < 1.29 is 28.4 Å². The highest BCUT2D eigenvalue weighted by Crippen LogP contribution is 2.51. The molecule has 2 heterocycles. The van der Waals surface area contributed by atoms with Gasteiger partial charge in [-0.3, -0.25) is 0 Å². The van der Waals surface area contributed by atoms with E-state index in [1.165, 1.54) is 0 Å². The molecule has 2 aromatic heterocycles. The summed E-state index contributed by atoms with van der Waals surface area (Å²) < 4.78 is 50.6.